The van der Waals surface area contributed by atoms with E-state index in [4.69, 9.17) is 0 Å². The standard InChI is InChI=1S/C22H13Br/c23-20-10-2-1-8-17(20)19-13-16-7-3-5-14-11-12-15-6-4-9-18(19)22(15)21(14)16/h1-13H. The molecule has 0 unspecified atom stereocenters. The van der Waals surface area contributed by atoms with Gasteiger partial charge in [-0.05, 0) is 55.6 Å². The smallest absolute Gasteiger partial charge is 0.0253 e. The Balaban J connectivity index is 2.07. The molecule has 0 fully saturated rings. The Morgan fingerprint density at radius 2 is 1.22 bits per heavy atom. The van der Waals surface area contributed by atoms with E-state index in [2.05, 4.69) is 94.8 Å². The predicted molar refractivity (Wildman–Crippen MR) is 103 cm³/mol. The lowest BCUT2D eigenvalue weighted by molar-refractivity contribution is 1.62. The number of rotatable bonds is 1. The third-order valence-corrected chi connectivity index (χ3v) is 5.36. The van der Waals surface area contributed by atoms with Gasteiger partial charge in [-0.25, -0.2) is 0 Å². The molecular formula is C22H13Br. The summed E-state index contributed by atoms with van der Waals surface area (Å²) in [6, 6.07) is 28.4. The largest absolute Gasteiger partial charge is 0.0616 e. The van der Waals surface area contributed by atoms with E-state index in [1.807, 2.05) is 0 Å². The Hall–Kier alpha value is -2.38. The van der Waals surface area contributed by atoms with E-state index in [0.717, 1.165) is 4.47 Å². The van der Waals surface area contributed by atoms with Gasteiger partial charge in [0.25, 0.3) is 0 Å². The lowest BCUT2D eigenvalue weighted by Crippen LogP contribution is -1.88. The van der Waals surface area contributed by atoms with Crippen LogP contribution in [0.15, 0.2) is 83.3 Å². The quantitative estimate of drug-likeness (QED) is 0.283. The molecule has 0 aromatic heterocycles. The van der Waals surface area contributed by atoms with Crippen molar-refractivity contribution in [3.05, 3.63) is 83.3 Å². The van der Waals surface area contributed by atoms with Crippen LogP contribution >= 0.6 is 15.9 Å². The summed E-state index contributed by atoms with van der Waals surface area (Å²) < 4.78 is 1.13. The molecular weight excluding hydrogens is 344 g/mol. The highest BCUT2D eigenvalue weighted by atomic mass is 79.9. The Labute approximate surface area is 142 Å². The molecule has 0 aliphatic carbocycles. The first-order valence-corrected chi connectivity index (χ1v) is 8.54. The van der Waals surface area contributed by atoms with Crippen LogP contribution in [0.25, 0.3) is 43.4 Å². The normalized spacial score (nSPS) is 11.7. The van der Waals surface area contributed by atoms with E-state index >= 15 is 0 Å². The van der Waals surface area contributed by atoms with E-state index in [9.17, 15) is 0 Å². The number of hydrogen-bond donors (Lipinski definition) is 0. The second kappa shape index (κ2) is 4.81. The van der Waals surface area contributed by atoms with Crippen LogP contribution < -0.4 is 0 Å². The molecule has 108 valence electrons. The minimum absolute atomic E-state index is 1.13. The van der Waals surface area contributed by atoms with Crippen LogP contribution in [0, 0.1) is 0 Å². The van der Waals surface area contributed by atoms with Gasteiger partial charge in [-0.2, -0.15) is 0 Å². The second-order valence-corrected chi connectivity index (χ2v) is 6.81. The first kappa shape index (κ1) is 13.1. The molecule has 0 heterocycles. The maximum absolute atomic E-state index is 3.72. The average molecular weight is 357 g/mol. The van der Waals surface area contributed by atoms with E-state index in [1.54, 1.807) is 0 Å². The highest BCUT2D eigenvalue weighted by Gasteiger charge is 2.13. The maximum atomic E-state index is 3.72. The average Bonchev–Trinajstić information content (AvgIpc) is 2.60. The summed E-state index contributed by atoms with van der Waals surface area (Å²) in [5.41, 5.74) is 2.53. The molecule has 1 heteroatoms. The van der Waals surface area contributed by atoms with E-state index < -0.39 is 0 Å². The van der Waals surface area contributed by atoms with Crippen LogP contribution in [0.2, 0.25) is 0 Å². The summed E-state index contributed by atoms with van der Waals surface area (Å²) in [5.74, 6) is 0. The molecule has 5 rings (SSSR count). The van der Waals surface area contributed by atoms with Crippen LogP contribution in [0.4, 0.5) is 0 Å². The van der Waals surface area contributed by atoms with Gasteiger partial charge in [-0.1, -0.05) is 82.7 Å². The summed E-state index contributed by atoms with van der Waals surface area (Å²) >= 11 is 3.72. The van der Waals surface area contributed by atoms with Gasteiger partial charge >= 0.3 is 0 Å². The summed E-state index contributed by atoms with van der Waals surface area (Å²) in [6.45, 7) is 0. The summed E-state index contributed by atoms with van der Waals surface area (Å²) in [7, 11) is 0. The molecule has 5 aromatic carbocycles. The molecule has 0 aliphatic heterocycles. The summed E-state index contributed by atoms with van der Waals surface area (Å²) in [6.07, 6.45) is 0. The van der Waals surface area contributed by atoms with Crippen molar-refractivity contribution in [1.29, 1.82) is 0 Å². The molecule has 0 amide bonds. The second-order valence-electron chi connectivity index (χ2n) is 5.95. The van der Waals surface area contributed by atoms with E-state index in [1.165, 1.54) is 43.4 Å². The first-order valence-electron chi connectivity index (χ1n) is 7.74. The van der Waals surface area contributed by atoms with Crippen LogP contribution in [0.1, 0.15) is 0 Å². The fraction of sp³-hybridized carbons (Fsp3) is 0. The van der Waals surface area contributed by atoms with Crippen molar-refractivity contribution in [2.75, 3.05) is 0 Å². The lowest BCUT2D eigenvalue weighted by atomic mass is 9.89. The zero-order valence-electron chi connectivity index (χ0n) is 12.4. The van der Waals surface area contributed by atoms with Crippen molar-refractivity contribution >= 4 is 48.2 Å². The van der Waals surface area contributed by atoms with Crippen LogP contribution in [-0.4, -0.2) is 0 Å². The van der Waals surface area contributed by atoms with Gasteiger partial charge in [0, 0.05) is 4.47 Å². The molecule has 5 aromatic rings. The lowest BCUT2D eigenvalue weighted by Gasteiger charge is -2.15. The molecule has 0 saturated heterocycles. The molecule has 0 nitrogen and oxygen atoms in total. The zero-order chi connectivity index (χ0) is 15.4. The molecule has 0 bridgehead atoms. The SMILES string of the molecule is Brc1ccccc1-c1cc2cccc3ccc4cccc1c4c32. The fourth-order valence-electron chi connectivity index (χ4n) is 3.66. The van der Waals surface area contributed by atoms with Gasteiger partial charge in [0.15, 0.2) is 0 Å². The molecule has 0 spiro atoms. The van der Waals surface area contributed by atoms with Crippen molar-refractivity contribution < 1.29 is 0 Å². The van der Waals surface area contributed by atoms with Crippen LogP contribution in [0.3, 0.4) is 0 Å². The minimum Gasteiger partial charge on any atom is -0.0616 e. The van der Waals surface area contributed by atoms with Crippen molar-refractivity contribution in [2.45, 2.75) is 0 Å². The van der Waals surface area contributed by atoms with Gasteiger partial charge in [-0.15, -0.1) is 0 Å². The van der Waals surface area contributed by atoms with E-state index in [-0.39, 0.29) is 0 Å². The minimum atomic E-state index is 1.13. The van der Waals surface area contributed by atoms with Gasteiger partial charge in [-0.3, -0.25) is 0 Å². The first-order chi connectivity index (χ1) is 11.3. The Morgan fingerprint density at radius 1 is 0.522 bits per heavy atom. The number of benzene rings is 5. The molecule has 0 radical (unpaired) electrons. The van der Waals surface area contributed by atoms with Crippen molar-refractivity contribution in [2.24, 2.45) is 0 Å². The Bertz CT molecular complexity index is 1170. The van der Waals surface area contributed by atoms with Crippen LogP contribution in [0.5, 0.6) is 0 Å². The Morgan fingerprint density at radius 3 is 2.04 bits per heavy atom. The molecule has 0 aliphatic rings. The third kappa shape index (κ3) is 1.83. The van der Waals surface area contributed by atoms with E-state index in [0.29, 0.717) is 0 Å². The van der Waals surface area contributed by atoms with Crippen molar-refractivity contribution in [3.63, 3.8) is 0 Å². The Kier molecular flexibility index (Phi) is 2.74. The fourth-order valence-corrected chi connectivity index (χ4v) is 4.16. The number of hydrogen-bond acceptors (Lipinski definition) is 0. The van der Waals surface area contributed by atoms with Crippen LogP contribution in [-0.2, 0) is 0 Å². The summed E-state index contributed by atoms with van der Waals surface area (Å²) in [5, 5.41) is 7.98. The zero-order valence-corrected chi connectivity index (χ0v) is 14.0. The molecule has 0 N–H and O–H groups in total. The predicted octanol–water partition coefficient (Wildman–Crippen LogP) is 7.01. The highest BCUT2D eigenvalue weighted by Crippen LogP contribution is 2.41. The number of halogens is 1. The molecule has 23 heavy (non-hydrogen) atoms. The topological polar surface area (TPSA) is 0 Å². The van der Waals surface area contributed by atoms with Crippen molar-refractivity contribution in [1.82, 2.24) is 0 Å². The molecule has 0 atom stereocenters. The third-order valence-electron chi connectivity index (χ3n) is 4.67. The monoisotopic (exact) mass is 356 g/mol. The van der Waals surface area contributed by atoms with Gasteiger partial charge in [0.1, 0.15) is 0 Å². The highest BCUT2D eigenvalue weighted by molar-refractivity contribution is 9.10. The van der Waals surface area contributed by atoms with Gasteiger partial charge < -0.3 is 0 Å². The van der Waals surface area contributed by atoms with Gasteiger partial charge in [0.2, 0.25) is 0 Å². The maximum Gasteiger partial charge on any atom is 0.0253 e. The van der Waals surface area contributed by atoms with Crippen molar-refractivity contribution in [3.8, 4) is 11.1 Å². The molecule has 0 saturated carbocycles. The summed E-state index contributed by atoms with van der Waals surface area (Å²) in [4.78, 5) is 0. The van der Waals surface area contributed by atoms with Gasteiger partial charge in [0.05, 0.1) is 0 Å².